The molecule has 0 aromatic rings. The minimum absolute atomic E-state index is 0.0787. The van der Waals surface area contributed by atoms with Crippen molar-refractivity contribution in [2.75, 3.05) is 0 Å². The number of hydrogen-bond acceptors (Lipinski definition) is 3. The lowest BCUT2D eigenvalue weighted by Gasteiger charge is -2.44. The molecule has 0 aromatic carbocycles. The van der Waals surface area contributed by atoms with Crippen LogP contribution in [-0.2, 0) is 9.16 Å². The van der Waals surface area contributed by atoms with Crippen LogP contribution < -0.4 is 0 Å². The van der Waals surface area contributed by atoms with Gasteiger partial charge in [-0.1, -0.05) is 78.0 Å². The van der Waals surface area contributed by atoms with Gasteiger partial charge in [-0.05, 0) is 43.8 Å². The molecule has 0 aliphatic carbocycles. The fourth-order valence-corrected chi connectivity index (χ4v) is 4.74. The summed E-state index contributed by atoms with van der Waals surface area (Å²) in [5, 5.41) is 10.3. The van der Waals surface area contributed by atoms with E-state index in [-0.39, 0.29) is 23.4 Å². The number of aliphatic hydroxyl groups excluding tert-OH is 1. The normalized spacial score (nSPS) is 25.2. The van der Waals surface area contributed by atoms with Crippen LogP contribution in [0.2, 0.25) is 18.1 Å². The van der Waals surface area contributed by atoms with Gasteiger partial charge < -0.3 is 14.3 Å². The maximum Gasteiger partial charge on any atom is 0.192 e. The highest BCUT2D eigenvalue weighted by Crippen LogP contribution is 2.39. The Kier molecular flexibility index (Phi) is 11.3. The molecule has 1 aliphatic rings. The van der Waals surface area contributed by atoms with Crippen molar-refractivity contribution in [3.8, 4) is 0 Å². The van der Waals surface area contributed by atoms with Crippen molar-refractivity contribution in [1.29, 1.82) is 0 Å². The Morgan fingerprint density at radius 3 is 2.39 bits per heavy atom. The number of unbranched alkanes of at least 4 members (excludes halogenated alkanes) is 6. The zero-order valence-corrected chi connectivity index (χ0v) is 20.4. The Labute approximate surface area is 175 Å². The van der Waals surface area contributed by atoms with E-state index in [1.165, 1.54) is 38.5 Å². The fourth-order valence-electron chi connectivity index (χ4n) is 3.38. The van der Waals surface area contributed by atoms with E-state index in [4.69, 9.17) is 9.16 Å². The van der Waals surface area contributed by atoms with Gasteiger partial charge in [0.25, 0.3) is 0 Å². The molecule has 0 radical (unpaired) electrons. The molecule has 1 fully saturated rings. The Bertz CT molecular complexity index is 467. The summed E-state index contributed by atoms with van der Waals surface area (Å²) in [5.41, 5.74) is 0. The second-order valence-corrected chi connectivity index (χ2v) is 14.6. The molecule has 1 heterocycles. The Hall–Kier alpha value is -0.423. The predicted molar refractivity (Wildman–Crippen MR) is 123 cm³/mol. The van der Waals surface area contributed by atoms with Gasteiger partial charge in [0.2, 0.25) is 0 Å². The van der Waals surface area contributed by atoms with E-state index in [0.717, 1.165) is 19.3 Å². The molecule has 1 aliphatic heterocycles. The highest BCUT2D eigenvalue weighted by atomic mass is 28.4. The average Bonchev–Trinajstić information content (AvgIpc) is 2.63. The molecule has 4 atom stereocenters. The second kappa shape index (κ2) is 12.3. The zero-order chi connectivity index (χ0) is 21.2. The van der Waals surface area contributed by atoms with Crippen LogP contribution >= 0.6 is 0 Å². The summed E-state index contributed by atoms with van der Waals surface area (Å²) in [5.74, 6) is 0. The topological polar surface area (TPSA) is 38.7 Å². The number of hydrogen-bond donors (Lipinski definition) is 1. The summed E-state index contributed by atoms with van der Waals surface area (Å²) in [6.07, 6.45) is 15.9. The van der Waals surface area contributed by atoms with Gasteiger partial charge in [0.15, 0.2) is 8.32 Å². The van der Waals surface area contributed by atoms with Gasteiger partial charge >= 0.3 is 0 Å². The maximum absolute atomic E-state index is 10.2. The summed E-state index contributed by atoms with van der Waals surface area (Å²) in [6, 6.07) is 0. The van der Waals surface area contributed by atoms with Crippen molar-refractivity contribution in [2.45, 2.75) is 128 Å². The highest BCUT2D eigenvalue weighted by molar-refractivity contribution is 6.74. The van der Waals surface area contributed by atoms with Gasteiger partial charge in [-0.2, -0.15) is 0 Å². The van der Waals surface area contributed by atoms with Crippen LogP contribution in [0.15, 0.2) is 24.8 Å². The molecule has 1 saturated heterocycles. The molecule has 28 heavy (non-hydrogen) atoms. The summed E-state index contributed by atoms with van der Waals surface area (Å²) in [6.45, 7) is 17.4. The van der Waals surface area contributed by atoms with E-state index < -0.39 is 14.4 Å². The number of rotatable bonds is 12. The number of ether oxygens (including phenoxy) is 1. The molecule has 1 N–H and O–H groups in total. The molecule has 1 rings (SSSR count). The SMILES string of the molecule is C=C[C@H](O)[C@@H]1CC[C@@H](O[Si](C)(C)C(C)(C)C)[C@H](/C=C\CCCCCCCC)O1. The van der Waals surface area contributed by atoms with Crippen LogP contribution in [0.3, 0.4) is 0 Å². The molecular weight excluding hydrogens is 364 g/mol. The summed E-state index contributed by atoms with van der Waals surface area (Å²) < 4.78 is 13.0. The Morgan fingerprint density at radius 2 is 1.79 bits per heavy atom. The van der Waals surface area contributed by atoms with Crippen LogP contribution in [0.1, 0.15) is 85.5 Å². The van der Waals surface area contributed by atoms with Gasteiger partial charge in [-0.25, -0.2) is 0 Å². The standard InChI is InChI=1S/C24H46O3Si/c1-8-10-11-12-13-14-15-16-17-22-23(27-28(6,7)24(3,4)5)19-18-21(26-22)20(25)9-2/h9,16-17,20-23,25H,2,8,10-15,18-19H2,1,3-7H3/b17-16-/t20-,21-,22-,23+/m0/s1. The van der Waals surface area contributed by atoms with Crippen molar-refractivity contribution in [3.63, 3.8) is 0 Å². The van der Waals surface area contributed by atoms with Crippen molar-refractivity contribution in [2.24, 2.45) is 0 Å². The molecule has 4 heteroatoms. The Balaban J connectivity index is 2.66. The van der Waals surface area contributed by atoms with Gasteiger partial charge in [-0.3, -0.25) is 0 Å². The van der Waals surface area contributed by atoms with Crippen LogP contribution in [0.25, 0.3) is 0 Å². The largest absolute Gasteiger partial charge is 0.411 e. The smallest absolute Gasteiger partial charge is 0.192 e. The summed E-state index contributed by atoms with van der Waals surface area (Å²) in [4.78, 5) is 0. The van der Waals surface area contributed by atoms with Crippen LogP contribution in [-0.4, -0.2) is 37.8 Å². The zero-order valence-electron chi connectivity index (χ0n) is 19.4. The van der Waals surface area contributed by atoms with Gasteiger partial charge in [0, 0.05) is 0 Å². The van der Waals surface area contributed by atoms with Crippen molar-refractivity contribution >= 4 is 8.32 Å². The van der Waals surface area contributed by atoms with E-state index in [1.807, 2.05) is 0 Å². The summed E-state index contributed by atoms with van der Waals surface area (Å²) >= 11 is 0. The second-order valence-electron chi connectivity index (χ2n) is 9.84. The minimum atomic E-state index is -1.86. The van der Waals surface area contributed by atoms with Gasteiger partial charge in [0.1, 0.15) is 6.10 Å². The quantitative estimate of drug-likeness (QED) is 0.219. The first-order valence-corrected chi connectivity index (χ1v) is 14.3. The highest BCUT2D eigenvalue weighted by Gasteiger charge is 2.42. The minimum Gasteiger partial charge on any atom is -0.411 e. The van der Waals surface area contributed by atoms with E-state index in [2.05, 4.69) is 59.5 Å². The van der Waals surface area contributed by atoms with Crippen LogP contribution in [0, 0.1) is 0 Å². The first-order valence-electron chi connectivity index (χ1n) is 11.4. The first-order chi connectivity index (χ1) is 13.1. The first kappa shape index (κ1) is 25.6. The van der Waals surface area contributed by atoms with E-state index >= 15 is 0 Å². The molecule has 0 bridgehead atoms. The van der Waals surface area contributed by atoms with E-state index in [9.17, 15) is 5.11 Å². The molecule has 0 spiro atoms. The molecule has 0 unspecified atom stereocenters. The molecule has 0 aromatic heterocycles. The Morgan fingerprint density at radius 1 is 1.14 bits per heavy atom. The third-order valence-corrected chi connectivity index (χ3v) is 10.9. The molecule has 0 amide bonds. The molecule has 0 saturated carbocycles. The van der Waals surface area contributed by atoms with Crippen molar-refractivity contribution in [3.05, 3.63) is 24.8 Å². The van der Waals surface area contributed by atoms with Gasteiger partial charge in [0.05, 0.1) is 18.3 Å². The lowest BCUT2D eigenvalue weighted by atomic mass is 9.97. The van der Waals surface area contributed by atoms with E-state index in [1.54, 1.807) is 6.08 Å². The fraction of sp³-hybridized carbons (Fsp3) is 0.833. The molecular formula is C24H46O3Si. The summed E-state index contributed by atoms with van der Waals surface area (Å²) in [7, 11) is -1.86. The lowest BCUT2D eigenvalue weighted by molar-refractivity contribution is -0.120. The van der Waals surface area contributed by atoms with E-state index in [0.29, 0.717) is 0 Å². The van der Waals surface area contributed by atoms with Crippen LogP contribution in [0.5, 0.6) is 0 Å². The van der Waals surface area contributed by atoms with Crippen molar-refractivity contribution in [1.82, 2.24) is 0 Å². The third-order valence-electron chi connectivity index (χ3n) is 6.36. The van der Waals surface area contributed by atoms with Crippen molar-refractivity contribution < 1.29 is 14.3 Å². The third kappa shape index (κ3) is 8.52. The van der Waals surface area contributed by atoms with Crippen LogP contribution in [0.4, 0.5) is 0 Å². The van der Waals surface area contributed by atoms with Gasteiger partial charge in [-0.15, -0.1) is 6.58 Å². The molecule has 3 nitrogen and oxygen atoms in total. The average molecular weight is 411 g/mol. The number of allylic oxidation sites excluding steroid dienone is 1. The number of aliphatic hydroxyl groups is 1. The predicted octanol–water partition coefficient (Wildman–Crippen LogP) is 6.78. The lowest BCUT2D eigenvalue weighted by Crippen LogP contribution is -2.51. The monoisotopic (exact) mass is 410 g/mol. The maximum atomic E-state index is 10.2. The molecule has 164 valence electrons.